The van der Waals surface area contributed by atoms with Crippen molar-refractivity contribution in [3.63, 3.8) is 0 Å². The summed E-state index contributed by atoms with van der Waals surface area (Å²) in [4.78, 5) is 2.28. The van der Waals surface area contributed by atoms with E-state index in [1.807, 2.05) is 24.3 Å². The van der Waals surface area contributed by atoms with Gasteiger partial charge in [0.15, 0.2) is 0 Å². The van der Waals surface area contributed by atoms with Crippen molar-refractivity contribution in [2.24, 2.45) is 11.7 Å². The number of benzene rings is 1. The molecular formula is C16H25ClN2O. The van der Waals surface area contributed by atoms with Crippen LogP contribution in [0.3, 0.4) is 0 Å². The van der Waals surface area contributed by atoms with Gasteiger partial charge in [-0.15, -0.1) is 0 Å². The Bertz CT molecular complexity index is 409. The molecule has 1 aromatic rings. The first kappa shape index (κ1) is 15.8. The van der Waals surface area contributed by atoms with Crippen molar-refractivity contribution in [1.82, 2.24) is 4.90 Å². The second-order valence-corrected chi connectivity index (χ2v) is 6.21. The quantitative estimate of drug-likeness (QED) is 0.712. The van der Waals surface area contributed by atoms with Gasteiger partial charge in [-0.3, -0.25) is 0 Å². The van der Waals surface area contributed by atoms with Crippen LogP contribution in [0.1, 0.15) is 30.9 Å². The van der Waals surface area contributed by atoms with E-state index in [2.05, 4.69) is 11.9 Å². The largest absolute Gasteiger partial charge is 0.380 e. The molecule has 4 heteroatoms. The molecule has 1 unspecified atom stereocenters. The van der Waals surface area contributed by atoms with Gasteiger partial charge in [-0.2, -0.15) is 0 Å². The topological polar surface area (TPSA) is 38.5 Å². The lowest BCUT2D eigenvalue weighted by Gasteiger charge is -2.19. The Kier molecular flexibility index (Phi) is 6.30. The molecule has 0 bridgehead atoms. The summed E-state index contributed by atoms with van der Waals surface area (Å²) in [7, 11) is 2.12. The van der Waals surface area contributed by atoms with Crippen molar-refractivity contribution in [2.45, 2.75) is 25.3 Å². The normalized spacial score (nSPS) is 16.6. The molecule has 0 radical (unpaired) electrons. The molecule has 1 saturated carbocycles. The monoisotopic (exact) mass is 296 g/mol. The SMILES string of the molecule is CN(CCOCC1CC1)CCC(N)c1cccc(Cl)c1. The van der Waals surface area contributed by atoms with E-state index in [1.54, 1.807) is 0 Å². The first-order valence-electron chi connectivity index (χ1n) is 7.42. The molecule has 2 rings (SSSR count). The van der Waals surface area contributed by atoms with Gasteiger partial charge in [0.2, 0.25) is 0 Å². The van der Waals surface area contributed by atoms with E-state index in [4.69, 9.17) is 22.1 Å². The van der Waals surface area contributed by atoms with Crippen molar-refractivity contribution in [1.29, 1.82) is 0 Å². The Morgan fingerprint density at radius 2 is 2.20 bits per heavy atom. The van der Waals surface area contributed by atoms with E-state index in [-0.39, 0.29) is 6.04 Å². The second-order valence-electron chi connectivity index (χ2n) is 5.77. The molecule has 1 aromatic carbocycles. The van der Waals surface area contributed by atoms with Crippen LogP contribution in [0.15, 0.2) is 24.3 Å². The smallest absolute Gasteiger partial charge is 0.0593 e. The Hall–Kier alpha value is -0.610. The van der Waals surface area contributed by atoms with Crippen molar-refractivity contribution in [3.05, 3.63) is 34.9 Å². The van der Waals surface area contributed by atoms with Gasteiger partial charge in [-0.05, 0) is 56.5 Å². The molecule has 0 aromatic heterocycles. The zero-order valence-corrected chi connectivity index (χ0v) is 13.0. The van der Waals surface area contributed by atoms with Crippen LogP contribution in [-0.2, 0) is 4.74 Å². The van der Waals surface area contributed by atoms with E-state index in [1.165, 1.54) is 12.8 Å². The lowest BCUT2D eigenvalue weighted by atomic mass is 10.0. The summed E-state index contributed by atoms with van der Waals surface area (Å²) in [5, 5.41) is 0.750. The third-order valence-corrected chi connectivity index (χ3v) is 4.00. The van der Waals surface area contributed by atoms with Gasteiger partial charge in [-0.1, -0.05) is 23.7 Å². The number of hydrogen-bond donors (Lipinski definition) is 1. The van der Waals surface area contributed by atoms with Crippen molar-refractivity contribution in [3.8, 4) is 0 Å². The van der Waals surface area contributed by atoms with Gasteiger partial charge in [0.05, 0.1) is 6.61 Å². The number of halogens is 1. The van der Waals surface area contributed by atoms with Crippen molar-refractivity contribution >= 4 is 11.6 Å². The van der Waals surface area contributed by atoms with Gasteiger partial charge >= 0.3 is 0 Å². The number of nitrogens with zero attached hydrogens (tertiary/aromatic N) is 1. The maximum absolute atomic E-state index is 6.20. The number of rotatable bonds is 9. The van der Waals surface area contributed by atoms with Crippen molar-refractivity contribution in [2.75, 3.05) is 33.4 Å². The molecule has 0 heterocycles. The Morgan fingerprint density at radius 1 is 1.40 bits per heavy atom. The Labute approximate surface area is 127 Å². The van der Waals surface area contributed by atoms with Gasteiger partial charge < -0.3 is 15.4 Å². The summed E-state index contributed by atoms with van der Waals surface area (Å²) in [6, 6.07) is 7.86. The highest BCUT2D eigenvalue weighted by Crippen LogP contribution is 2.28. The zero-order chi connectivity index (χ0) is 14.4. The average Bonchev–Trinajstić information content (AvgIpc) is 3.25. The van der Waals surface area contributed by atoms with Crippen LogP contribution in [0.2, 0.25) is 5.02 Å². The molecule has 0 amide bonds. The minimum absolute atomic E-state index is 0.0449. The number of hydrogen-bond acceptors (Lipinski definition) is 3. The summed E-state index contributed by atoms with van der Waals surface area (Å²) in [5.74, 6) is 0.844. The van der Waals surface area contributed by atoms with Crippen LogP contribution >= 0.6 is 11.6 Å². The molecule has 0 saturated heterocycles. The highest BCUT2D eigenvalue weighted by molar-refractivity contribution is 6.30. The summed E-state index contributed by atoms with van der Waals surface area (Å²) in [5.41, 5.74) is 7.31. The molecule has 1 aliphatic carbocycles. The first-order chi connectivity index (χ1) is 9.65. The molecule has 1 aliphatic rings. The van der Waals surface area contributed by atoms with Crippen LogP contribution < -0.4 is 5.73 Å². The minimum atomic E-state index is 0.0449. The molecule has 0 aliphatic heterocycles. The van der Waals surface area contributed by atoms with Gasteiger partial charge in [0, 0.05) is 24.2 Å². The molecule has 1 atom stereocenters. The highest BCUT2D eigenvalue weighted by Gasteiger charge is 2.20. The molecule has 1 fully saturated rings. The number of likely N-dealkylation sites (N-methyl/N-ethyl adjacent to an activating group) is 1. The lowest BCUT2D eigenvalue weighted by molar-refractivity contribution is 0.103. The van der Waals surface area contributed by atoms with E-state index in [0.717, 1.165) is 49.2 Å². The van der Waals surface area contributed by atoms with Crippen LogP contribution in [-0.4, -0.2) is 38.3 Å². The lowest BCUT2D eigenvalue weighted by Crippen LogP contribution is -2.27. The average molecular weight is 297 g/mol. The zero-order valence-electron chi connectivity index (χ0n) is 12.2. The highest BCUT2D eigenvalue weighted by atomic mass is 35.5. The molecule has 2 N–H and O–H groups in total. The van der Waals surface area contributed by atoms with Crippen molar-refractivity contribution < 1.29 is 4.74 Å². The van der Waals surface area contributed by atoms with Crippen LogP contribution in [0.4, 0.5) is 0 Å². The summed E-state index contributed by atoms with van der Waals surface area (Å²) >= 11 is 5.98. The maximum Gasteiger partial charge on any atom is 0.0593 e. The predicted octanol–water partition coefficient (Wildman–Crippen LogP) is 3.09. The summed E-state index contributed by atoms with van der Waals surface area (Å²) in [6.07, 6.45) is 3.63. The Morgan fingerprint density at radius 3 is 2.90 bits per heavy atom. The molecule has 3 nitrogen and oxygen atoms in total. The summed E-state index contributed by atoms with van der Waals surface area (Å²) in [6.45, 7) is 3.70. The van der Waals surface area contributed by atoms with Gasteiger partial charge in [-0.25, -0.2) is 0 Å². The Balaban J connectivity index is 1.60. The van der Waals surface area contributed by atoms with Crippen LogP contribution in [0, 0.1) is 5.92 Å². The molecular weight excluding hydrogens is 272 g/mol. The fraction of sp³-hybridized carbons (Fsp3) is 0.625. The molecule has 112 valence electrons. The standard InChI is InChI=1S/C16H25ClN2O/c1-19(9-10-20-12-13-5-6-13)8-7-16(18)14-3-2-4-15(17)11-14/h2-4,11,13,16H,5-10,12,18H2,1H3. The second kappa shape index (κ2) is 7.99. The van der Waals surface area contributed by atoms with Gasteiger partial charge in [0.1, 0.15) is 0 Å². The minimum Gasteiger partial charge on any atom is -0.380 e. The third-order valence-electron chi connectivity index (χ3n) is 3.77. The van der Waals surface area contributed by atoms with Crippen LogP contribution in [0.5, 0.6) is 0 Å². The van der Waals surface area contributed by atoms with E-state index >= 15 is 0 Å². The maximum atomic E-state index is 6.20. The van der Waals surface area contributed by atoms with E-state index < -0.39 is 0 Å². The molecule has 20 heavy (non-hydrogen) atoms. The number of ether oxygens (including phenoxy) is 1. The summed E-state index contributed by atoms with van der Waals surface area (Å²) < 4.78 is 5.65. The van der Waals surface area contributed by atoms with Gasteiger partial charge in [0.25, 0.3) is 0 Å². The predicted molar refractivity (Wildman–Crippen MR) is 84.0 cm³/mol. The van der Waals surface area contributed by atoms with Crippen LogP contribution in [0.25, 0.3) is 0 Å². The fourth-order valence-electron chi connectivity index (χ4n) is 2.13. The van der Waals surface area contributed by atoms with E-state index in [0.29, 0.717) is 0 Å². The number of nitrogens with two attached hydrogens (primary N) is 1. The first-order valence-corrected chi connectivity index (χ1v) is 7.80. The van der Waals surface area contributed by atoms with E-state index in [9.17, 15) is 0 Å². The molecule has 0 spiro atoms. The fourth-order valence-corrected chi connectivity index (χ4v) is 2.33. The third kappa shape index (κ3) is 5.80.